The van der Waals surface area contributed by atoms with Crippen LogP contribution in [0.4, 0.5) is 4.79 Å². The zero-order chi connectivity index (χ0) is 21.9. The molecular formula is C22H29N3O5S. The molecule has 0 bridgehead atoms. The van der Waals surface area contributed by atoms with Gasteiger partial charge >= 0.3 is 6.03 Å². The minimum absolute atomic E-state index is 0.0200. The number of nitrogens with one attached hydrogen (secondary N) is 2. The third-order valence-corrected chi connectivity index (χ3v) is 7.33. The van der Waals surface area contributed by atoms with Crippen LogP contribution in [0.2, 0.25) is 0 Å². The maximum Gasteiger partial charge on any atom is 0.324 e. The number of imide groups is 1. The second-order valence-corrected chi connectivity index (χ2v) is 10.4. The van der Waals surface area contributed by atoms with E-state index in [0.717, 1.165) is 30.8 Å². The Morgan fingerprint density at radius 2 is 2.03 bits per heavy atom. The van der Waals surface area contributed by atoms with Crippen LogP contribution >= 0.6 is 0 Å². The van der Waals surface area contributed by atoms with Crippen LogP contribution in [-0.4, -0.2) is 50.7 Å². The first-order chi connectivity index (χ1) is 14.9. The van der Waals surface area contributed by atoms with E-state index in [0.29, 0.717) is 25.4 Å². The van der Waals surface area contributed by atoms with Gasteiger partial charge in [-0.05, 0) is 55.7 Å². The van der Waals surface area contributed by atoms with E-state index in [1.54, 1.807) is 12.2 Å². The van der Waals surface area contributed by atoms with Gasteiger partial charge in [0.05, 0.1) is 17.9 Å². The first-order valence-electron chi connectivity index (χ1n) is 10.8. The molecule has 1 heterocycles. The average molecular weight is 448 g/mol. The van der Waals surface area contributed by atoms with Gasteiger partial charge in [-0.2, -0.15) is 0 Å². The molecule has 0 unspecified atom stereocenters. The molecule has 2 N–H and O–H groups in total. The van der Waals surface area contributed by atoms with Crippen molar-refractivity contribution in [3.05, 3.63) is 42.0 Å². The largest absolute Gasteiger partial charge is 0.493 e. The fourth-order valence-electron chi connectivity index (χ4n) is 3.62. The fraction of sp³-hybridized carbons (Fsp3) is 0.545. The third-order valence-electron chi connectivity index (χ3n) is 5.86. The van der Waals surface area contributed by atoms with Crippen molar-refractivity contribution in [1.82, 2.24) is 14.9 Å². The number of ether oxygens (including phenoxy) is 1. The van der Waals surface area contributed by atoms with Crippen molar-refractivity contribution in [1.29, 1.82) is 0 Å². The molecule has 0 spiro atoms. The summed E-state index contributed by atoms with van der Waals surface area (Å²) in [7, 11) is -3.46. The smallest absolute Gasteiger partial charge is 0.324 e. The molecule has 1 saturated heterocycles. The van der Waals surface area contributed by atoms with Gasteiger partial charge in [0.1, 0.15) is 5.75 Å². The SMILES string of the molecule is O=C1CCN(C/C=C/CCS(=O)(=O)NC2(c3cccc(OCC4CC4)c3)CC2)C(=O)N1. The number of hydrogen-bond donors (Lipinski definition) is 2. The van der Waals surface area contributed by atoms with Crippen molar-refractivity contribution >= 4 is 22.0 Å². The summed E-state index contributed by atoms with van der Waals surface area (Å²) in [5, 5.41) is 2.26. The van der Waals surface area contributed by atoms with E-state index in [2.05, 4.69) is 10.0 Å². The second-order valence-electron chi connectivity index (χ2n) is 8.59. The lowest BCUT2D eigenvalue weighted by molar-refractivity contribution is -0.121. The second kappa shape index (κ2) is 9.00. The summed E-state index contributed by atoms with van der Waals surface area (Å²) in [5.41, 5.74) is 0.422. The highest BCUT2D eigenvalue weighted by molar-refractivity contribution is 7.89. The monoisotopic (exact) mass is 447 g/mol. The number of sulfonamides is 1. The fourth-order valence-corrected chi connectivity index (χ4v) is 5.09. The number of benzene rings is 1. The molecule has 3 fully saturated rings. The maximum atomic E-state index is 12.6. The Morgan fingerprint density at radius 1 is 1.23 bits per heavy atom. The van der Waals surface area contributed by atoms with E-state index in [1.807, 2.05) is 24.3 Å². The van der Waals surface area contributed by atoms with E-state index in [1.165, 1.54) is 17.7 Å². The highest BCUT2D eigenvalue weighted by Gasteiger charge is 2.47. The van der Waals surface area contributed by atoms with Gasteiger partial charge in [-0.15, -0.1) is 0 Å². The van der Waals surface area contributed by atoms with E-state index >= 15 is 0 Å². The quantitative estimate of drug-likeness (QED) is 0.507. The standard InChI is InChI=1S/C22H29N3O5S/c26-20-9-13-25(21(27)23-20)12-2-1-3-14-31(28,29)24-22(10-11-22)18-5-4-6-19(15-18)30-16-17-7-8-17/h1-2,4-6,15,17,24H,3,7-14,16H2,(H,23,26,27)/b2-1+. The molecule has 1 aromatic carbocycles. The van der Waals surface area contributed by atoms with Crippen molar-refractivity contribution in [3.63, 3.8) is 0 Å². The number of hydrogen-bond acceptors (Lipinski definition) is 5. The summed E-state index contributed by atoms with van der Waals surface area (Å²) in [6, 6.07) is 7.33. The molecule has 0 aromatic heterocycles. The van der Waals surface area contributed by atoms with Gasteiger partial charge in [-0.3, -0.25) is 10.1 Å². The lowest BCUT2D eigenvalue weighted by Crippen LogP contribution is -2.49. The zero-order valence-corrected chi connectivity index (χ0v) is 18.3. The predicted molar refractivity (Wildman–Crippen MR) is 116 cm³/mol. The molecule has 2 aliphatic carbocycles. The van der Waals surface area contributed by atoms with Crippen LogP contribution in [0.25, 0.3) is 0 Å². The molecule has 1 aliphatic heterocycles. The number of nitrogens with zero attached hydrogens (tertiary/aromatic N) is 1. The molecule has 9 heteroatoms. The van der Waals surface area contributed by atoms with Crippen LogP contribution in [0, 0.1) is 5.92 Å². The van der Waals surface area contributed by atoms with Crippen LogP contribution in [0.5, 0.6) is 5.75 Å². The Labute approximate surface area is 183 Å². The molecule has 0 radical (unpaired) electrons. The van der Waals surface area contributed by atoms with Gasteiger partial charge in [-0.25, -0.2) is 17.9 Å². The molecule has 2 saturated carbocycles. The lowest BCUT2D eigenvalue weighted by Gasteiger charge is -2.25. The molecule has 168 valence electrons. The Kier molecular flexibility index (Phi) is 6.34. The number of carbonyl (C=O) groups is 2. The number of rotatable bonds is 11. The molecule has 4 rings (SSSR count). The van der Waals surface area contributed by atoms with Gasteiger partial charge in [0, 0.05) is 19.5 Å². The van der Waals surface area contributed by atoms with E-state index in [4.69, 9.17) is 4.74 Å². The van der Waals surface area contributed by atoms with Crippen molar-refractivity contribution < 1.29 is 22.7 Å². The van der Waals surface area contributed by atoms with Crippen LogP contribution in [0.1, 0.15) is 44.1 Å². The van der Waals surface area contributed by atoms with Crippen LogP contribution in [0.3, 0.4) is 0 Å². The predicted octanol–water partition coefficient (Wildman–Crippen LogP) is 2.27. The van der Waals surface area contributed by atoms with Gasteiger partial charge < -0.3 is 9.64 Å². The summed E-state index contributed by atoms with van der Waals surface area (Å²) in [6.45, 7) is 1.45. The van der Waals surface area contributed by atoms with Crippen LogP contribution in [-0.2, 0) is 20.4 Å². The Hall–Kier alpha value is -2.39. The van der Waals surface area contributed by atoms with Gasteiger partial charge in [-0.1, -0.05) is 24.3 Å². The summed E-state index contributed by atoms with van der Waals surface area (Å²) in [6.07, 6.45) is 8.16. The minimum atomic E-state index is -3.46. The van der Waals surface area contributed by atoms with Gasteiger partial charge in [0.15, 0.2) is 0 Å². The van der Waals surface area contributed by atoms with Crippen molar-refractivity contribution in [2.24, 2.45) is 5.92 Å². The number of allylic oxidation sites excluding steroid dienone is 1. The van der Waals surface area contributed by atoms with E-state index < -0.39 is 21.6 Å². The molecular weight excluding hydrogens is 418 g/mol. The molecule has 3 amide bonds. The van der Waals surface area contributed by atoms with Crippen molar-refractivity contribution in [3.8, 4) is 5.75 Å². The number of urea groups is 1. The first kappa shape index (κ1) is 21.8. The Morgan fingerprint density at radius 3 is 2.74 bits per heavy atom. The van der Waals surface area contributed by atoms with Crippen molar-refractivity contribution in [2.45, 2.75) is 44.1 Å². The van der Waals surface area contributed by atoms with Crippen molar-refractivity contribution in [2.75, 3.05) is 25.4 Å². The zero-order valence-electron chi connectivity index (χ0n) is 17.5. The summed E-state index contributed by atoms with van der Waals surface area (Å²) in [4.78, 5) is 24.3. The lowest BCUT2D eigenvalue weighted by atomic mass is 10.1. The molecule has 0 atom stereocenters. The minimum Gasteiger partial charge on any atom is -0.493 e. The van der Waals surface area contributed by atoms with Gasteiger partial charge in [0.25, 0.3) is 0 Å². The summed E-state index contributed by atoms with van der Waals surface area (Å²) >= 11 is 0. The molecule has 1 aromatic rings. The topological polar surface area (TPSA) is 105 Å². The summed E-state index contributed by atoms with van der Waals surface area (Å²) < 4.78 is 34.0. The normalized spacial score (nSPS) is 20.7. The molecule has 8 nitrogen and oxygen atoms in total. The van der Waals surface area contributed by atoms with E-state index in [9.17, 15) is 18.0 Å². The third kappa shape index (κ3) is 6.07. The van der Waals surface area contributed by atoms with Gasteiger partial charge in [0.2, 0.25) is 15.9 Å². The summed E-state index contributed by atoms with van der Waals surface area (Å²) in [5.74, 6) is 1.17. The van der Waals surface area contributed by atoms with Crippen LogP contribution < -0.4 is 14.8 Å². The number of amides is 3. The average Bonchev–Trinajstić information content (AvgIpc) is 3.64. The van der Waals surface area contributed by atoms with E-state index in [-0.39, 0.29) is 18.1 Å². The number of carbonyl (C=O) groups excluding carboxylic acids is 2. The maximum absolute atomic E-state index is 12.6. The Bertz CT molecular complexity index is 967. The highest BCUT2D eigenvalue weighted by atomic mass is 32.2. The molecule has 31 heavy (non-hydrogen) atoms. The highest BCUT2D eigenvalue weighted by Crippen LogP contribution is 2.47. The first-order valence-corrected chi connectivity index (χ1v) is 12.5. The Balaban J connectivity index is 1.26. The molecule has 3 aliphatic rings. The van der Waals surface area contributed by atoms with Crippen LogP contribution in [0.15, 0.2) is 36.4 Å².